The van der Waals surface area contributed by atoms with E-state index in [1.165, 1.54) is 0 Å². The molecular weight excluding hydrogens is 366 g/mol. The van der Waals surface area contributed by atoms with Crippen LogP contribution >= 0.6 is 0 Å². The van der Waals surface area contributed by atoms with E-state index in [-0.39, 0.29) is 24.4 Å². The van der Waals surface area contributed by atoms with Crippen LogP contribution in [0.15, 0.2) is 54.6 Å². The third kappa shape index (κ3) is 5.35. The third-order valence-electron chi connectivity index (χ3n) is 5.21. The molecular formula is C23H29N3O3. The van der Waals surface area contributed by atoms with Gasteiger partial charge in [-0.15, -0.1) is 0 Å². The second kappa shape index (κ2) is 9.56. The molecule has 2 aromatic carbocycles. The average Bonchev–Trinajstić information content (AvgIpc) is 2.73. The van der Waals surface area contributed by atoms with E-state index in [1.54, 1.807) is 16.9 Å². The van der Waals surface area contributed by atoms with Crippen molar-refractivity contribution in [3.05, 3.63) is 60.2 Å². The molecule has 0 saturated carbocycles. The molecule has 1 aliphatic heterocycles. The highest BCUT2D eigenvalue weighted by atomic mass is 16.5. The smallest absolute Gasteiger partial charge is 0.246 e. The van der Waals surface area contributed by atoms with Gasteiger partial charge >= 0.3 is 0 Å². The molecule has 0 spiro atoms. The summed E-state index contributed by atoms with van der Waals surface area (Å²) in [4.78, 5) is 31.3. The summed E-state index contributed by atoms with van der Waals surface area (Å²) in [6.45, 7) is 1.23. The summed E-state index contributed by atoms with van der Waals surface area (Å²) in [6, 6.07) is 17.5. The van der Waals surface area contributed by atoms with Gasteiger partial charge in [-0.3, -0.25) is 9.59 Å². The molecule has 1 aliphatic rings. The Morgan fingerprint density at radius 3 is 2.59 bits per heavy atom. The number of amides is 2. The number of hydrogen-bond acceptors (Lipinski definition) is 4. The van der Waals surface area contributed by atoms with Crippen molar-refractivity contribution >= 4 is 17.5 Å². The van der Waals surface area contributed by atoms with E-state index in [9.17, 15) is 9.59 Å². The van der Waals surface area contributed by atoms with E-state index in [0.29, 0.717) is 31.7 Å². The van der Waals surface area contributed by atoms with Crippen molar-refractivity contribution in [2.24, 2.45) is 0 Å². The van der Waals surface area contributed by atoms with Crippen molar-refractivity contribution in [1.82, 2.24) is 9.80 Å². The van der Waals surface area contributed by atoms with Crippen LogP contribution in [-0.4, -0.2) is 68.5 Å². The molecule has 1 fully saturated rings. The quantitative estimate of drug-likeness (QED) is 0.723. The summed E-state index contributed by atoms with van der Waals surface area (Å²) in [6.07, 6.45) is 1.12. The van der Waals surface area contributed by atoms with Gasteiger partial charge in [0.1, 0.15) is 12.3 Å². The van der Waals surface area contributed by atoms with E-state index in [2.05, 4.69) is 12.1 Å². The van der Waals surface area contributed by atoms with E-state index >= 15 is 0 Å². The fourth-order valence-electron chi connectivity index (χ4n) is 3.61. The second-order valence-corrected chi connectivity index (χ2v) is 7.62. The van der Waals surface area contributed by atoms with Crippen molar-refractivity contribution in [2.45, 2.75) is 18.9 Å². The number of anilines is 1. The molecule has 1 saturated heterocycles. The summed E-state index contributed by atoms with van der Waals surface area (Å²) < 4.78 is 5.31. The first-order chi connectivity index (χ1) is 14.0. The van der Waals surface area contributed by atoms with Gasteiger partial charge in [-0.2, -0.15) is 0 Å². The summed E-state index contributed by atoms with van der Waals surface area (Å²) in [7, 11) is 5.50. The molecule has 154 valence electrons. The van der Waals surface area contributed by atoms with E-state index in [0.717, 1.165) is 11.3 Å². The van der Waals surface area contributed by atoms with Crippen molar-refractivity contribution < 1.29 is 14.3 Å². The maximum Gasteiger partial charge on any atom is 0.246 e. The van der Waals surface area contributed by atoms with E-state index in [1.807, 2.05) is 61.5 Å². The number of methoxy groups -OCH3 is 1. The van der Waals surface area contributed by atoms with Crippen LogP contribution in [0.4, 0.5) is 5.69 Å². The van der Waals surface area contributed by atoms with Gasteiger partial charge in [0.05, 0.1) is 13.2 Å². The highest BCUT2D eigenvalue weighted by Gasteiger charge is 2.35. The van der Waals surface area contributed by atoms with Crippen LogP contribution in [0.1, 0.15) is 12.0 Å². The number of rotatable bonds is 7. The average molecular weight is 396 g/mol. The minimum Gasteiger partial charge on any atom is -0.497 e. The maximum atomic E-state index is 12.9. The minimum atomic E-state index is -0.0732. The first-order valence-electron chi connectivity index (χ1n) is 9.90. The summed E-state index contributed by atoms with van der Waals surface area (Å²) >= 11 is 0. The minimum absolute atomic E-state index is 0.0262. The lowest BCUT2D eigenvalue weighted by molar-refractivity contribution is -0.139. The summed E-state index contributed by atoms with van der Waals surface area (Å²) in [5, 5.41) is 0. The molecule has 29 heavy (non-hydrogen) atoms. The Bertz CT molecular complexity index is 838. The van der Waals surface area contributed by atoms with Crippen molar-refractivity contribution in [3.63, 3.8) is 0 Å². The number of carbonyl (C=O) groups is 2. The molecule has 0 bridgehead atoms. The zero-order valence-corrected chi connectivity index (χ0v) is 17.4. The Morgan fingerprint density at radius 1 is 1.14 bits per heavy atom. The number of ether oxygens (including phenoxy) is 1. The molecule has 2 amide bonds. The van der Waals surface area contributed by atoms with Gasteiger partial charge in [0.2, 0.25) is 11.8 Å². The Balaban J connectivity index is 1.84. The first-order valence-corrected chi connectivity index (χ1v) is 9.90. The lowest BCUT2D eigenvalue weighted by Crippen LogP contribution is -2.59. The van der Waals surface area contributed by atoms with Gasteiger partial charge in [-0.25, -0.2) is 0 Å². The molecule has 6 nitrogen and oxygen atoms in total. The van der Waals surface area contributed by atoms with E-state index < -0.39 is 0 Å². The topological polar surface area (TPSA) is 53.1 Å². The third-order valence-corrected chi connectivity index (χ3v) is 5.21. The monoisotopic (exact) mass is 395 g/mol. The molecule has 3 rings (SSSR count). The molecule has 1 heterocycles. The summed E-state index contributed by atoms with van der Waals surface area (Å²) in [5.41, 5.74) is 1.95. The largest absolute Gasteiger partial charge is 0.497 e. The molecule has 6 heteroatoms. The van der Waals surface area contributed by atoms with Gasteiger partial charge < -0.3 is 19.4 Å². The fraction of sp³-hybridized carbons (Fsp3) is 0.391. The van der Waals surface area contributed by atoms with Crippen molar-refractivity contribution in [2.75, 3.05) is 45.7 Å². The zero-order chi connectivity index (χ0) is 20.8. The van der Waals surface area contributed by atoms with Crippen LogP contribution in [0.2, 0.25) is 0 Å². The number of benzene rings is 2. The summed E-state index contributed by atoms with van der Waals surface area (Å²) in [5.74, 6) is 0.665. The molecule has 0 radical (unpaired) electrons. The highest BCUT2D eigenvalue weighted by molar-refractivity contribution is 5.98. The maximum absolute atomic E-state index is 12.9. The normalized spacial score (nSPS) is 17.0. The van der Waals surface area contributed by atoms with Gasteiger partial charge in [0.25, 0.3) is 0 Å². The van der Waals surface area contributed by atoms with Gasteiger partial charge in [0.15, 0.2) is 0 Å². The van der Waals surface area contributed by atoms with Crippen LogP contribution in [-0.2, 0) is 16.0 Å². The van der Waals surface area contributed by atoms with E-state index in [4.69, 9.17) is 4.74 Å². The zero-order valence-electron chi connectivity index (χ0n) is 17.4. The predicted octanol–water partition coefficient (Wildman–Crippen LogP) is 2.43. The predicted molar refractivity (Wildman–Crippen MR) is 114 cm³/mol. The SMILES string of the molecule is COc1cccc(N2CC(Cc3ccccc3)N(C(=O)CCN(C)C)CC2=O)c1. The molecule has 0 aromatic heterocycles. The Morgan fingerprint density at radius 2 is 1.90 bits per heavy atom. The lowest BCUT2D eigenvalue weighted by Gasteiger charge is -2.41. The van der Waals surface area contributed by atoms with Gasteiger partial charge in [0, 0.05) is 31.3 Å². The van der Waals surface area contributed by atoms with Gasteiger partial charge in [-0.05, 0) is 38.2 Å². The van der Waals surface area contributed by atoms with Crippen molar-refractivity contribution in [1.29, 1.82) is 0 Å². The number of hydrogen-bond donors (Lipinski definition) is 0. The second-order valence-electron chi connectivity index (χ2n) is 7.62. The standard InChI is InChI=1S/C23H29N3O3/c1-24(2)13-12-22(27)26-17-23(28)25(19-10-7-11-21(15-19)29-3)16-20(26)14-18-8-5-4-6-9-18/h4-11,15,20H,12-14,16-17H2,1-3H3. The molecule has 0 N–H and O–H groups in total. The van der Waals surface area contributed by atoms with Crippen LogP contribution in [0, 0.1) is 0 Å². The van der Waals surface area contributed by atoms with Gasteiger partial charge in [-0.1, -0.05) is 36.4 Å². The lowest BCUT2D eigenvalue weighted by atomic mass is 10.0. The van der Waals surface area contributed by atoms with Crippen LogP contribution in [0.25, 0.3) is 0 Å². The molecule has 2 aromatic rings. The Kier molecular flexibility index (Phi) is 6.88. The Labute approximate surface area is 172 Å². The van der Waals surface area contributed by atoms with Crippen LogP contribution < -0.4 is 9.64 Å². The molecule has 0 aliphatic carbocycles. The first kappa shape index (κ1) is 20.9. The Hall–Kier alpha value is -2.86. The number of nitrogens with zero attached hydrogens (tertiary/aromatic N) is 3. The fourth-order valence-corrected chi connectivity index (χ4v) is 3.61. The number of piperazine rings is 1. The number of carbonyl (C=O) groups excluding carboxylic acids is 2. The highest BCUT2D eigenvalue weighted by Crippen LogP contribution is 2.26. The van der Waals surface area contributed by atoms with Crippen LogP contribution in [0.5, 0.6) is 5.75 Å². The van der Waals surface area contributed by atoms with Crippen LogP contribution in [0.3, 0.4) is 0 Å². The molecule has 1 atom stereocenters. The van der Waals surface area contributed by atoms with Crippen molar-refractivity contribution in [3.8, 4) is 5.75 Å². The molecule has 1 unspecified atom stereocenters.